The van der Waals surface area contributed by atoms with Crippen molar-refractivity contribution in [3.63, 3.8) is 0 Å². The Morgan fingerprint density at radius 2 is 1.96 bits per heavy atom. The van der Waals surface area contributed by atoms with Crippen molar-refractivity contribution in [3.05, 3.63) is 71.7 Å². The summed E-state index contributed by atoms with van der Waals surface area (Å²) in [5.74, 6) is 0.566. The third kappa shape index (κ3) is 7.08. The highest BCUT2D eigenvalue weighted by atomic mass is 15.2. The number of likely N-dealkylation sites (N-methyl/N-ethyl adjacent to an activating group) is 1. The molecule has 0 amide bonds. The Labute approximate surface area is 149 Å². The Kier molecular flexibility index (Phi) is 8.39. The van der Waals surface area contributed by atoms with Crippen LogP contribution in [0.25, 0.3) is 0 Å². The Balaban J connectivity index is 2.45. The first-order valence-electron chi connectivity index (χ1n) is 8.84. The topological polar surface area (TPSA) is 15.3 Å². The van der Waals surface area contributed by atoms with Gasteiger partial charge in [0.05, 0.1) is 6.67 Å². The lowest BCUT2D eigenvalue weighted by molar-refractivity contribution is 0.401. The summed E-state index contributed by atoms with van der Waals surface area (Å²) in [5, 5.41) is 3.42. The molecule has 0 heterocycles. The van der Waals surface area contributed by atoms with E-state index in [0.29, 0.717) is 12.6 Å². The van der Waals surface area contributed by atoms with E-state index in [1.54, 1.807) is 0 Å². The molecular weight excluding hydrogens is 292 g/mol. The van der Waals surface area contributed by atoms with Gasteiger partial charge < -0.3 is 10.2 Å². The summed E-state index contributed by atoms with van der Waals surface area (Å²) in [6.45, 7) is 17.7. The first-order valence-corrected chi connectivity index (χ1v) is 8.84. The maximum atomic E-state index is 4.19. The molecule has 1 aliphatic carbocycles. The predicted octanol–water partition coefficient (Wildman–Crippen LogP) is 5.71. The van der Waals surface area contributed by atoms with E-state index in [4.69, 9.17) is 0 Å². The minimum Gasteiger partial charge on any atom is -0.371 e. The van der Waals surface area contributed by atoms with Crippen LogP contribution in [0.2, 0.25) is 0 Å². The van der Waals surface area contributed by atoms with Crippen molar-refractivity contribution in [1.82, 2.24) is 10.2 Å². The first kappa shape index (κ1) is 20.1. The van der Waals surface area contributed by atoms with Gasteiger partial charge >= 0.3 is 0 Å². The molecule has 0 fully saturated rings. The second kappa shape index (κ2) is 10.0. The molecule has 0 radical (unpaired) electrons. The van der Waals surface area contributed by atoms with Crippen LogP contribution in [-0.2, 0) is 0 Å². The zero-order chi connectivity index (χ0) is 18.1. The van der Waals surface area contributed by atoms with E-state index in [-0.39, 0.29) is 0 Å². The molecule has 0 aromatic carbocycles. The summed E-state index contributed by atoms with van der Waals surface area (Å²) in [6, 6.07) is 0. The number of hydrogen-bond donors (Lipinski definition) is 1. The Bertz CT molecular complexity index is 571. The third-order valence-corrected chi connectivity index (χ3v) is 4.24. The van der Waals surface area contributed by atoms with E-state index in [2.05, 4.69) is 88.5 Å². The Morgan fingerprint density at radius 3 is 2.58 bits per heavy atom. The molecule has 0 spiro atoms. The largest absolute Gasteiger partial charge is 0.371 e. The van der Waals surface area contributed by atoms with Gasteiger partial charge in [0, 0.05) is 24.9 Å². The fourth-order valence-electron chi connectivity index (χ4n) is 2.50. The number of hydrogen-bond acceptors (Lipinski definition) is 2. The average molecular weight is 327 g/mol. The normalized spacial score (nSPS) is 15.3. The van der Waals surface area contributed by atoms with Gasteiger partial charge in [-0.25, -0.2) is 0 Å². The Hall–Kier alpha value is -1.96. The smallest absolute Gasteiger partial charge is 0.0870 e. The van der Waals surface area contributed by atoms with E-state index in [9.17, 15) is 0 Å². The molecule has 24 heavy (non-hydrogen) atoms. The second-order valence-electron chi connectivity index (χ2n) is 6.93. The number of rotatable bonds is 9. The molecule has 0 aromatic heterocycles. The fourth-order valence-corrected chi connectivity index (χ4v) is 2.50. The van der Waals surface area contributed by atoms with Crippen LogP contribution in [0, 0.1) is 5.92 Å². The highest BCUT2D eigenvalue weighted by Gasteiger charge is 2.08. The van der Waals surface area contributed by atoms with Crippen LogP contribution in [-0.4, -0.2) is 18.6 Å². The first-order chi connectivity index (χ1) is 11.3. The van der Waals surface area contributed by atoms with Crippen LogP contribution < -0.4 is 5.32 Å². The van der Waals surface area contributed by atoms with Crippen molar-refractivity contribution >= 4 is 0 Å². The van der Waals surface area contributed by atoms with Crippen LogP contribution in [0.15, 0.2) is 71.7 Å². The van der Waals surface area contributed by atoms with Gasteiger partial charge in [-0.1, -0.05) is 63.0 Å². The van der Waals surface area contributed by atoms with Gasteiger partial charge in [0.15, 0.2) is 0 Å². The van der Waals surface area contributed by atoms with Gasteiger partial charge in [0.25, 0.3) is 0 Å². The summed E-state index contributed by atoms with van der Waals surface area (Å²) >= 11 is 0. The van der Waals surface area contributed by atoms with Crippen LogP contribution in [0.1, 0.15) is 47.0 Å². The van der Waals surface area contributed by atoms with Gasteiger partial charge in [-0.3, -0.25) is 0 Å². The molecule has 132 valence electrons. The molecule has 0 aliphatic heterocycles. The molecule has 2 heteroatoms. The maximum Gasteiger partial charge on any atom is 0.0870 e. The molecule has 0 saturated heterocycles. The number of nitrogens with one attached hydrogen (secondary N) is 1. The van der Waals surface area contributed by atoms with Crippen LogP contribution in [0.4, 0.5) is 0 Å². The van der Waals surface area contributed by atoms with Crippen molar-refractivity contribution in [2.75, 3.05) is 13.7 Å². The lowest BCUT2D eigenvalue weighted by Gasteiger charge is -2.24. The van der Waals surface area contributed by atoms with Crippen LogP contribution in [0.5, 0.6) is 0 Å². The van der Waals surface area contributed by atoms with Crippen molar-refractivity contribution in [1.29, 1.82) is 0 Å². The molecule has 0 bridgehead atoms. The molecule has 0 atom stereocenters. The maximum absolute atomic E-state index is 4.19. The standard InChI is InChI=1S/C22H34N2/c1-17(2)11-10-13-18(3)21(6)24(7)16-23-20(5)15-22-14-9-8-12-19(22)4/h10-14,17,23H,5-6,8-9,15-16H2,1-4,7H3/b11-10-,18-13+. The zero-order valence-electron chi connectivity index (χ0n) is 16.2. The molecule has 1 rings (SSSR count). The minimum atomic E-state index is 0.566. The van der Waals surface area contributed by atoms with Gasteiger partial charge in [0.1, 0.15) is 0 Å². The van der Waals surface area contributed by atoms with E-state index >= 15 is 0 Å². The van der Waals surface area contributed by atoms with Crippen molar-refractivity contribution in [3.8, 4) is 0 Å². The summed E-state index contributed by atoms with van der Waals surface area (Å²) in [4.78, 5) is 2.12. The average Bonchev–Trinajstić information content (AvgIpc) is 2.53. The van der Waals surface area contributed by atoms with Crippen molar-refractivity contribution < 1.29 is 0 Å². The van der Waals surface area contributed by atoms with Crippen molar-refractivity contribution in [2.24, 2.45) is 5.92 Å². The number of nitrogens with zero attached hydrogens (tertiary/aromatic N) is 1. The Morgan fingerprint density at radius 1 is 1.29 bits per heavy atom. The highest BCUT2D eigenvalue weighted by Crippen LogP contribution is 2.23. The third-order valence-electron chi connectivity index (χ3n) is 4.24. The summed E-state index contributed by atoms with van der Waals surface area (Å²) in [7, 11) is 2.05. The minimum absolute atomic E-state index is 0.566. The molecule has 2 nitrogen and oxygen atoms in total. The number of allylic oxidation sites excluding steroid dienone is 8. The van der Waals surface area contributed by atoms with E-state index in [1.165, 1.54) is 16.7 Å². The van der Waals surface area contributed by atoms with E-state index < -0.39 is 0 Å². The summed E-state index contributed by atoms with van der Waals surface area (Å²) < 4.78 is 0. The van der Waals surface area contributed by atoms with Crippen molar-refractivity contribution in [2.45, 2.75) is 47.0 Å². The van der Waals surface area contributed by atoms with Gasteiger partial charge in [0.2, 0.25) is 0 Å². The molecule has 0 aromatic rings. The molecule has 0 unspecified atom stereocenters. The lowest BCUT2D eigenvalue weighted by Crippen LogP contribution is -2.30. The fraction of sp³-hybridized carbons (Fsp3) is 0.455. The predicted molar refractivity (Wildman–Crippen MR) is 107 cm³/mol. The second-order valence-corrected chi connectivity index (χ2v) is 6.93. The molecular formula is C22H34N2. The molecule has 1 N–H and O–H groups in total. The van der Waals surface area contributed by atoms with Gasteiger partial charge in [-0.2, -0.15) is 0 Å². The van der Waals surface area contributed by atoms with Crippen LogP contribution >= 0.6 is 0 Å². The van der Waals surface area contributed by atoms with E-state index in [1.807, 2.05) is 0 Å². The SMILES string of the molecule is C=C(CC1=CCCC=C1C)NCN(C)C(=C)/C(C)=C/C=C\C(C)C. The summed E-state index contributed by atoms with van der Waals surface area (Å²) in [5.41, 5.74) is 6.04. The van der Waals surface area contributed by atoms with Crippen LogP contribution in [0.3, 0.4) is 0 Å². The lowest BCUT2D eigenvalue weighted by atomic mass is 9.96. The highest BCUT2D eigenvalue weighted by molar-refractivity contribution is 5.34. The summed E-state index contributed by atoms with van der Waals surface area (Å²) in [6.07, 6.45) is 14.3. The zero-order valence-corrected chi connectivity index (χ0v) is 16.2. The van der Waals surface area contributed by atoms with Gasteiger partial charge in [-0.15, -0.1) is 0 Å². The quantitative estimate of drug-likeness (QED) is 0.431. The molecule has 1 aliphatic rings. The molecule has 0 saturated carbocycles. The monoisotopic (exact) mass is 326 g/mol. The van der Waals surface area contributed by atoms with E-state index in [0.717, 1.165) is 30.7 Å². The van der Waals surface area contributed by atoms with Gasteiger partial charge in [-0.05, 0) is 43.8 Å².